The molecule has 0 saturated carbocycles. The summed E-state index contributed by atoms with van der Waals surface area (Å²) in [4.78, 5) is 0. The van der Waals surface area contributed by atoms with E-state index in [4.69, 9.17) is 9.47 Å². The maximum Gasteiger partial charge on any atom is 0.125 e. The average molecular weight is 369 g/mol. The van der Waals surface area contributed by atoms with Gasteiger partial charge in [-0.15, -0.1) is 0 Å². The summed E-state index contributed by atoms with van der Waals surface area (Å²) < 4.78 is 13.0. The van der Waals surface area contributed by atoms with E-state index in [1.165, 1.54) is 23.1 Å². The maximum atomic E-state index is 6.60. The van der Waals surface area contributed by atoms with Crippen LogP contribution in [-0.2, 0) is 4.74 Å². The van der Waals surface area contributed by atoms with Crippen molar-refractivity contribution in [3.8, 4) is 5.75 Å². The van der Waals surface area contributed by atoms with Crippen molar-refractivity contribution in [3.63, 3.8) is 0 Å². The molecule has 0 aliphatic carbocycles. The molecule has 1 aromatic carbocycles. The Balaban J connectivity index is 1.70. The quantitative estimate of drug-likeness (QED) is 0.496. The Hall–Kier alpha value is -1.54. The number of hydrogen-bond acceptors (Lipinski definition) is 2. The zero-order chi connectivity index (χ0) is 19.4. The minimum Gasteiger partial charge on any atom is -0.487 e. The zero-order valence-corrected chi connectivity index (χ0v) is 17.8. The lowest BCUT2D eigenvalue weighted by Crippen LogP contribution is -2.50. The first-order valence-corrected chi connectivity index (χ1v) is 10.6. The third-order valence-electron chi connectivity index (χ3n) is 6.21. The lowest BCUT2D eigenvalue weighted by atomic mass is 9.72. The van der Waals surface area contributed by atoms with Gasteiger partial charge >= 0.3 is 0 Å². The Kier molecular flexibility index (Phi) is 6.47. The highest BCUT2D eigenvalue weighted by atomic mass is 16.5. The zero-order valence-electron chi connectivity index (χ0n) is 17.8. The summed E-state index contributed by atoms with van der Waals surface area (Å²) in [6.07, 6.45) is 11.9. The van der Waals surface area contributed by atoms with Crippen LogP contribution < -0.4 is 4.74 Å². The minimum absolute atomic E-state index is 0.157. The van der Waals surface area contributed by atoms with Crippen LogP contribution in [-0.4, -0.2) is 11.7 Å². The Morgan fingerprint density at radius 2 is 1.89 bits per heavy atom. The largest absolute Gasteiger partial charge is 0.487 e. The van der Waals surface area contributed by atoms with Gasteiger partial charge in [-0.3, -0.25) is 0 Å². The molecule has 4 atom stereocenters. The van der Waals surface area contributed by atoms with Gasteiger partial charge in [0, 0.05) is 11.5 Å². The van der Waals surface area contributed by atoms with Crippen LogP contribution in [0.4, 0.5) is 0 Å². The summed E-state index contributed by atoms with van der Waals surface area (Å²) >= 11 is 0. The van der Waals surface area contributed by atoms with Crippen LogP contribution in [0.15, 0.2) is 47.6 Å². The van der Waals surface area contributed by atoms with Crippen LogP contribution in [0.2, 0.25) is 0 Å². The van der Waals surface area contributed by atoms with Gasteiger partial charge in [-0.05, 0) is 79.2 Å². The molecule has 1 aromatic rings. The van der Waals surface area contributed by atoms with Gasteiger partial charge < -0.3 is 9.47 Å². The van der Waals surface area contributed by atoms with Crippen molar-refractivity contribution < 1.29 is 9.47 Å². The Morgan fingerprint density at radius 1 is 1.11 bits per heavy atom. The summed E-state index contributed by atoms with van der Waals surface area (Å²) in [7, 11) is 0. The fourth-order valence-electron chi connectivity index (χ4n) is 4.56. The second-order valence-corrected chi connectivity index (χ2v) is 8.91. The summed E-state index contributed by atoms with van der Waals surface area (Å²) in [5.74, 6) is 1.45. The number of rotatable bonds is 6. The van der Waals surface area contributed by atoms with Crippen LogP contribution in [0, 0.1) is 5.92 Å². The highest BCUT2D eigenvalue weighted by Crippen LogP contribution is 2.51. The lowest BCUT2D eigenvalue weighted by molar-refractivity contribution is -0.152. The van der Waals surface area contributed by atoms with Crippen molar-refractivity contribution in [2.24, 2.45) is 5.92 Å². The maximum absolute atomic E-state index is 6.60. The summed E-state index contributed by atoms with van der Waals surface area (Å²) in [6, 6.07) is 8.45. The lowest BCUT2D eigenvalue weighted by Gasteiger charge is -2.50. The molecule has 2 heterocycles. The second kappa shape index (κ2) is 8.65. The number of hydrogen-bond donors (Lipinski definition) is 0. The molecular weight excluding hydrogens is 332 g/mol. The third-order valence-corrected chi connectivity index (χ3v) is 6.21. The van der Waals surface area contributed by atoms with Crippen molar-refractivity contribution in [1.82, 2.24) is 0 Å². The second-order valence-electron chi connectivity index (χ2n) is 8.91. The molecule has 148 valence electrons. The van der Waals surface area contributed by atoms with Gasteiger partial charge in [0.05, 0.1) is 12.2 Å². The molecule has 0 N–H and O–H groups in total. The first-order chi connectivity index (χ1) is 12.9. The Bertz CT molecular complexity index is 698. The minimum atomic E-state index is -0.157. The molecule has 2 nitrogen and oxygen atoms in total. The molecular formula is C25H36O2. The molecule has 3 rings (SSSR count). The average Bonchev–Trinajstić information content (AvgIpc) is 2.61. The summed E-state index contributed by atoms with van der Waals surface area (Å²) in [5, 5.41) is 0. The molecule has 1 saturated heterocycles. The Labute approximate surface area is 165 Å². The van der Waals surface area contributed by atoms with Crippen LogP contribution >= 0.6 is 0 Å². The molecule has 2 heteroatoms. The third kappa shape index (κ3) is 4.85. The van der Waals surface area contributed by atoms with E-state index in [-0.39, 0.29) is 11.7 Å². The number of allylic oxidation sites excluding steroid dienone is 4. The van der Waals surface area contributed by atoms with E-state index < -0.39 is 0 Å². The first kappa shape index (κ1) is 20.2. The van der Waals surface area contributed by atoms with E-state index in [0.717, 1.165) is 37.9 Å². The highest BCUT2D eigenvalue weighted by molar-refractivity contribution is 5.39. The van der Waals surface area contributed by atoms with E-state index in [0.29, 0.717) is 12.0 Å². The SMILES string of the molecule is CC(C)=CCC/C(C)=C\CC[C@]1(C)Oc2ccccc2[C@@H]2O[C@@H](C)CC[C@H]21. The van der Waals surface area contributed by atoms with Gasteiger partial charge in [0.15, 0.2) is 0 Å². The van der Waals surface area contributed by atoms with Gasteiger partial charge in [0.2, 0.25) is 0 Å². The summed E-state index contributed by atoms with van der Waals surface area (Å²) in [5.41, 5.74) is 3.97. The van der Waals surface area contributed by atoms with Crippen LogP contribution in [0.5, 0.6) is 5.75 Å². The van der Waals surface area contributed by atoms with Crippen molar-refractivity contribution >= 4 is 0 Å². The number of fused-ring (bicyclic) bond motifs is 3. The van der Waals surface area contributed by atoms with Crippen LogP contribution in [0.1, 0.15) is 84.8 Å². The van der Waals surface area contributed by atoms with Crippen molar-refractivity contribution in [2.75, 3.05) is 0 Å². The van der Waals surface area contributed by atoms with Crippen molar-refractivity contribution in [2.45, 2.75) is 91.0 Å². The van der Waals surface area contributed by atoms with E-state index in [1.807, 2.05) is 0 Å². The molecule has 0 amide bonds. The highest BCUT2D eigenvalue weighted by Gasteiger charge is 2.48. The number of para-hydroxylation sites is 1. The molecule has 1 fully saturated rings. The van der Waals surface area contributed by atoms with Crippen LogP contribution in [0.3, 0.4) is 0 Å². The van der Waals surface area contributed by atoms with Crippen LogP contribution in [0.25, 0.3) is 0 Å². The molecule has 2 aliphatic rings. The molecule has 0 radical (unpaired) electrons. The smallest absolute Gasteiger partial charge is 0.125 e. The summed E-state index contributed by atoms with van der Waals surface area (Å²) in [6.45, 7) is 11.1. The van der Waals surface area contributed by atoms with Crippen molar-refractivity contribution in [3.05, 3.63) is 53.1 Å². The Morgan fingerprint density at radius 3 is 2.67 bits per heavy atom. The predicted molar refractivity (Wildman–Crippen MR) is 113 cm³/mol. The van der Waals surface area contributed by atoms with E-state index in [2.05, 4.69) is 71.0 Å². The molecule has 0 bridgehead atoms. The predicted octanol–water partition coefficient (Wildman–Crippen LogP) is 7.17. The van der Waals surface area contributed by atoms with Gasteiger partial charge in [0.25, 0.3) is 0 Å². The van der Waals surface area contributed by atoms with E-state index in [9.17, 15) is 0 Å². The molecule has 27 heavy (non-hydrogen) atoms. The monoisotopic (exact) mass is 368 g/mol. The van der Waals surface area contributed by atoms with E-state index in [1.54, 1.807) is 0 Å². The first-order valence-electron chi connectivity index (χ1n) is 10.6. The standard InChI is InChI=1S/C25H36O2/c1-18(2)10-8-11-19(3)12-9-17-25(5)22-16-15-20(4)26-24(22)21-13-6-7-14-23(21)27-25/h6-7,10,12-14,20,22,24H,8-9,11,15-17H2,1-5H3/b19-12-/t20-,22+,24-,25-/m0/s1. The molecule has 0 aromatic heterocycles. The van der Waals surface area contributed by atoms with E-state index >= 15 is 0 Å². The van der Waals surface area contributed by atoms with Gasteiger partial charge in [-0.1, -0.05) is 41.5 Å². The topological polar surface area (TPSA) is 18.5 Å². The molecule has 0 spiro atoms. The molecule has 2 aliphatic heterocycles. The fourth-order valence-corrected chi connectivity index (χ4v) is 4.56. The van der Waals surface area contributed by atoms with Gasteiger partial charge in [0.1, 0.15) is 11.4 Å². The number of ether oxygens (including phenoxy) is 2. The van der Waals surface area contributed by atoms with Crippen molar-refractivity contribution in [1.29, 1.82) is 0 Å². The van der Waals surface area contributed by atoms with Gasteiger partial charge in [-0.2, -0.15) is 0 Å². The molecule has 0 unspecified atom stereocenters. The van der Waals surface area contributed by atoms with Gasteiger partial charge in [-0.25, -0.2) is 0 Å². The normalized spacial score (nSPS) is 30.1. The fraction of sp³-hybridized carbons (Fsp3) is 0.600. The number of benzene rings is 1.